The molecular formula is C11H11NO3S. The topological polar surface area (TPSA) is 60.2 Å². The van der Waals surface area contributed by atoms with Crippen molar-refractivity contribution < 1.29 is 9.72 Å². The number of carbonyl (C=O) groups is 1. The Hall–Kier alpha value is -1.36. The molecule has 0 bridgehead atoms. The number of nitro benzene ring substituents is 1. The van der Waals surface area contributed by atoms with E-state index in [1.165, 1.54) is 12.1 Å². The Morgan fingerprint density at radius 3 is 2.94 bits per heavy atom. The number of fused-ring (bicyclic) bond motifs is 1. The van der Waals surface area contributed by atoms with Crippen molar-refractivity contribution >= 4 is 23.2 Å². The highest BCUT2D eigenvalue weighted by atomic mass is 32.2. The quantitative estimate of drug-likeness (QED) is 0.556. The molecule has 1 aliphatic rings. The zero-order valence-electron chi connectivity index (χ0n) is 8.64. The van der Waals surface area contributed by atoms with Crippen LogP contribution in [0.3, 0.4) is 0 Å². The number of ketones is 1. The van der Waals surface area contributed by atoms with E-state index in [1.807, 2.05) is 0 Å². The monoisotopic (exact) mass is 237 g/mol. The van der Waals surface area contributed by atoms with E-state index >= 15 is 0 Å². The molecule has 84 valence electrons. The summed E-state index contributed by atoms with van der Waals surface area (Å²) < 4.78 is 0. The first kappa shape index (κ1) is 11.1. The highest BCUT2D eigenvalue weighted by Gasteiger charge is 2.16. The molecular weight excluding hydrogens is 226 g/mol. The molecule has 0 N–H and O–H groups in total. The van der Waals surface area contributed by atoms with E-state index in [0.717, 1.165) is 22.6 Å². The Kier molecular flexibility index (Phi) is 3.24. The SMILES string of the molecule is O=C1CCCSc2ccc([N+](=O)[O-])cc2C1. The largest absolute Gasteiger partial charge is 0.299 e. The smallest absolute Gasteiger partial charge is 0.269 e. The van der Waals surface area contributed by atoms with Crippen molar-refractivity contribution in [2.75, 3.05) is 5.75 Å². The van der Waals surface area contributed by atoms with Crippen LogP contribution in [0.2, 0.25) is 0 Å². The molecule has 0 saturated heterocycles. The van der Waals surface area contributed by atoms with Crippen LogP contribution in [-0.2, 0) is 11.2 Å². The number of rotatable bonds is 1. The summed E-state index contributed by atoms with van der Waals surface area (Å²) in [5.41, 5.74) is 0.858. The van der Waals surface area contributed by atoms with Crippen LogP contribution < -0.4 is 0 Å². The fourth-order valence-electron chi connectivity index (χ4n) is 1.71. The number of nitrogens with zero attached hydrogens (tertiary/aromatic N) is 1. The van der Waals surface area contributed by atoms with Crippen LogP contribution in [0.4, 0.5) is 5.69 Å². The molecule has 1 aromatic rings. The van der Waals surface area contributed by atoms with E-state index in [-0.39, 0.29) is 11.5 Å². The first-order chi connectivity index (χ1) is 7.66. The molecule has 0 atom stereocenters. The van der Waals surface area contributed by atoms with Gasteiger partial charge in [-0.3, -0.25) is 14.9 Å². The van der Waals surface area contributed by atoms with Gasteiger partial charge in [0, 0.05) is 29.9 Å². The third-order valence-corrected chi connectivity index (χ3v) is 3.70. The first-order valence-electron chi connectivity index (χ1n) is 5.08. The normalized spacial score (nSPS) is 16.1. The molecule has 0 unspecified atom stereocenters. The Morgan fingerprint density at radius 1 is 1.38 bits per heavy atom. The van der Waals surface area contributed by atoms with Gasteiger partial charge in [-0.25, -0.2) is 0 Å². The van der Waals surface area contributed by atoms with Crippen molar-refractivity contribution in [2.24, 2.45) is 0 Å². The lowest BCUT2D eigenvalue weighted by atomic mass is 10.1. The van der Waals surface area contributed by atoms with Gasteiger partial charge in [-0.1, -0.05) is 0 Å². The van der Waals surface area contributed by atoms with E-state index in [4.69, 9.17) is 0 Å². The second kappa shape index (κ2) is 4.65. The highest BCUT2D eigenvalue weighted by molar-refractivity contribution is 7.99. The maximum Gasteiger partial charge on any atom is 0.269 e. The minimum atomic E-state index is -0.422. The molecule has 5 heteroatoms. The van der Waals surface area contributed by atoms with Crippen molar-refractivity contribution in [2.45, 2.75) is 24.2 Å². The van der Waals surface area contributed by atoms with E-state index in [9.17, 15) is 14.9 Å². The Morgan fingerprint density at radius 2 is 2.19 bits per heavy atom. The lowest BCUT2D eigenvalue weighted by Crippen LogP contribution is -2.07. The predicted molar refractivity (Wildman–Crippen MR) is 61.8 cm³/mol. The summed E-state index contributed by atoms with van der Waals surface area (Å²) in [7, 11) is 0. The van der Waals surface area contributed by atoms with Crippen LogP contribution in [-0.4, -0.2) is 16.5 Å². The lowest BCUT2D eigenvalue weighted by molar-refractivity contribution is -0.385. The summed E-state index contributed by atoms with van der Waals surface area (Å²) in [5, 5.41) is 10.6. The zero-order valence-corrected chi connectivity index (χ0v) is 9.46. The minimum Gasteiger partial charge on any atom is -0.299 e. The molecule has 0 amide bonds. The Balaban J connectivity index is 2.37. The molecule has 0 spiro atoms. The van der Waals surface area contributed by atoms with Crippen LogP contribution in [0, 0.1) is 10.1 Å². The fourth-order valence-corrected chi connectivity index (χ4v) is 2.70. The average Bonchev–Trinajstić information content (AvgIpc) is 2.22. The molecule has 0 radical (unpaired) electrons. The van der Waals surface area contributed by atoms with Crippen molar-refractivity contribution in [1.29, 1.82) is 0 Å². The van der Waals surface area contributed by atoms with Gasteiger partial charge >= 0.3 is 0 Å². The number of carbonyl (C=O) groups excluding carboxylic acids is 1. The van der Waals surface area contributed by atoms with Gasteiger partial charge in [0.2, 0.25) is 0 Å². The summed E-state index contributed by atoms with van der Waals surface area (Å²) in [6.45, 7) is 0. The third-order valence-electron chi connectivity index (χ3n) is 2.50. The van der Waals surface area contributed by atoms with Gasteiger partial charge in [-0.15, -0.1) is 11.8 Å². The Bertz CT molecular complexity index is 445. The third kappa shape index (κ3) is 2.41. The van der Waals surface area contributed by atoms with Gasteiger partial charge in [0.1, 0.15) is 5.78 Å². The van der Waals surface area contributed by atoms with Crippen LogP contribution in [0.5, 0.6) is 0 Å². The fraction of sp³-hybridized carbons (Fsp3) is 0.364. The van der Waals surface area contributed by atoms with Gasteiger partial charge in [0.25, 0.3) is 5.69 Å². The molecule has 1 heterocycles. The standard InChI is InChI=1S/C11H11NO3S/c13-10-2-1-5-16-11-4-3-9(12(14)15)6-8(11)7-10/h3-4,6H,1-2,5,7H2. The van der Waals surface area contributed by atoms with Crippen molar-refractivity contribution in [3.05, 3.63) is 33.9 Å². The molecule has 2 rings (SSSR count). The summed E-state index contributed by atoms with van der Waals surface area (Å²) >= 11 is 1.67. The minimum absolute atomic E-state index is 0.0627. The number of Topliss-reactive ketones (excluding diaryl/α,β-unsaturated/α-hetero) is 1. The number of nitro groups is 1. The van der Waals surface area contributed by atoms with Gasteiger partial charge in [-0.05, 0) is 23.8 Å². The molecule has 0 aromatic heterocycles. The highest BCUT2D eigenvalue weighted by Crippen LogP contribution is 2.29. The zero-order chi connectivity index (χ0) is 11.5. The molecule has 16 heavy (non-hydrogen) atoms. The number of hydrogen-bond donors (Lipinski definition) is 0. The molecule has 4 nitrogen and oxygen atoms in total. The van der Waals surface area contributed by atoms with Crippen LogP contribution in [0.15, 0.2) is 23.1 Å². The van der Waals surface area contributed by atoms with Gasteiger partial charge in [0.05, 0.1) is 4.92 Å². The van der Waals surface area contributed by atoms with Crippen molar-refractivity contribution in [3.8, 4) is 0 Å². The number of non-ortho nitro benzene ring substituents is 1. The van der Waals surface area contributed by atoms with Crippen molar-refractivity contribution in [1.82, 2.24) is 0 Å². The van der Waals surface area contributed by atoms with Gasteiger partial charge in [0.15, 0.2) is 0 Å². The number of hydrogen-bond acceptors (Lipinski definition) is 4. The second-order valence-electron chi connectivity index (χ2n) is 3.72. The summed E-state index contributed by atoms with van der Waals surface area (Å²) in [4.78, 5) is 22.7. The van der Waals surface area contributed by atoms with Crippen molar-refractivity contribution in [3.63, 3.8) is 0 Å². The number of thioether (sulfide) groups is 1. The molecule has 1 aliphatic heterocycles. The Labute approximate surface area is 97.2 Å². The average molecular weight is 237 g/mol. The molecule has 1 aromatic carbocycles. The van der Waals surface area contributed by atoms with Crippen LogP contribution in [0.25, 0.3) is 0 Å². The van der Waals surface area contributed by atoms with E-state index < -0.39 is 4.92 Å². The predicted octanol–water partition coefficient (Wildman–Crippen LogP) is 2.59. The van der Waals surface area contributed by atoms with Crippen LogP contribution >= 0.6 is 11.8 Å². The maximum absolute atomic E-state index is 11.5. The second-order valence-corrected chi connectivity index (χ2v) is 4.85. The molecule has 0 fully saturated rings. The number of benzene rings is 1. The first-order valence-corrected chi connectivity index (χ1v) is 6.07. The lowest BCUT2D eigenvalue weighted by Gasteiger charge is -2.11. The molecule has 0 saturated carbocycles. The summed E-state index contributed by atoms with van der Waals surface area (Å²) in [5.74, 6) is 1.07. The van der Waals surface area contributed by atoms with Gasteiger partial charge < -0.3 is 0 Å². The van der Waals surface area contributed by atoms with E-state index in [2.05, 4.69) is 0 Å². The summed E-state index contributed by atoms with van der Waals surface area (Å²) in [6, 6.07) is 4.76. The van der Waals surface area contributed by atoms with Gasteiger partial charge in [-0.2, -0.15) is 0 Å². The molecule has 0 aliphatic carbocycles. The van der Waals surface area contributed by atoms with E-state index in [0.29, 0.717) is 12.8 Å². The van der Waals surface area contributed by atoms with Crippen LogP contribution in [0.1, 0.15) is 18.4 Å². The van der Waals surface area contributed by atoms with E-state index in [1.54, 1.807) is 17.8 Å². The summed E-state index contributed by atoms with van der Waals surface area (Å²) in [6.07, 6.45) is 1.79. The maximum atomic E-state index is 11.5.